The van der Waals surface area contributed by atoms with E-state index < -0.39 is 18.1 Å². The van der Waals surface area contributed by atoms with Gasteiger partial charge in [-0.15, -0.1) is 0 Å². The number of nitrogens with zero attached hydrogens (tertiary/aromatic N) is 2. The Balaban J connectivity index is 1.20. The first-order valence-electron chi connectivity index (χ1n) is 14.0. The van der Waals surface area contributed by atoms with E-state index in [2.05, 4.69) is 10.3 Å². The van der Waals surface area contributed by atoms with Gasteiger partial charge in [0.2, 0.25) is 0 Å². The van der Waals surface area contributed by atoms with Gasteiger partial charge in [-0.05, 0) is 71.3 Å². The maximum absolute atomic E-state index is 14.1. The Morgan fingerprint density at radius 2 is 1.74 bits per heavy atom. The van der Waals surface area contributed by atoms with E-state index in [1.165, 1.54) is 17.0 Å². The lowest BCUT2D eigenvalue weighted by Crippen LogP contribution is -2.44. The summed E-state index contributed by atoms with van der Waals surface area (Å²) in [4.78, 5) is 47.2. The molecule has 5 aromatic rings. The molecule has 1 fully saturated rings. The Kier molecular flexibility index (Phi) is 6.42. The Morgan fingerprint density at radius 3 is 2.51 bits per heavy atom. The highest BCUT2D eigenvalue weighted by Gasteiger charge is 2.53. The Morgan fingerprint density at radius 1 is 0.977 bits per heavy atom. The van der Waals surface area contributed by atoms with Crippen LogP contribution in [0.15, 0.2) is 97.1 Å². The van der Waals surface area contributed by atoms with Gasteiger partial charge in [0.15, 0.2) is 0 Å². The lowest BCUT2D eigenvalue weighted by Gasteiger charge is -2.36. The molecule has 4 amide bonds. The number of fused-ring (bicyclic) bond motifs is 4. The number of hydrogen-bond donors (Lipinski definition) is 2. The van der Waals surface area contributed by atoms with Crippen LogP contribution in [0.1, 0.15) is 38.8 Å². The molecule has 2 aliphatic rings. The molecule has 1 aromatic heterocycles. The molecule has 8 nitrogen and oxygen atoms in total. The van der Waals surface area contributed by atoms with Crippen molar-refractivity contribution in [3.8, 4) is 5.75 Å². The molecule has 0 saturated carbocycles. The van der Waals surface area contributed by atoms with Crippen LogP contribution in [0.5, 0.6) is 5.75 Å². The van der Waals surface area contributed by atoms with E-state index in [0.717, 1.165) is 33.3 Å². The summed E-state index contributed by atoms with van der Waals surface area (Å²) < 4.78 is 18.7. The predicted molar refractivity (Wildman–Crippen MR) is 159 cm³/mol. The highest BCUT2D eigenvalue weighted by Crippen LogP contribution is 2.45. The molecule has 0 aliphatic carbocycles. The van der Waals surface area contributed by atoms with Gasteiger partial charge in [-0.25, -0.2) is 14.1 Å². The number of ether oxygens (including phenoxy) is 1. The fourth-order valence-corrected chi connectivity index (χ4v) is 6.12. The van der Waals surface area contributed by atoms with E-state index >= 15 is 0 Å². The lowest BCUT2D eigenvalue weighted by atomic mass is 9.89. The fraction of sp³-hybridized carbons (Fsp3) is 0.147. The second-order valence-corrected chi connectivity index (χ2v) is 10.7. The number of carbonyl (C=O) groups excluding carboxylic acids is 3. The summed E-state index contributed by atoms with van der Waals surface area (Å²) in [5.74, 6) is -0.331. The standard InChI is InChI=1S/C34H27FN4O4/c1-43-25-6-4-5-22(17-25)31-30-27(26-7-2-3-8-28(26)37-30)18-29-33(41)38(34(42)39(29)31)24-15-11-21(12-16-24)32(40)36-19-20-9-13-23(35)14-10-20/h2-17,29,31,37H,18-19H2,1H3,(H,36,40). The van der Waals surface area contributed by atoms with Crippen LogP contribution in [0.4, 0.5) is 14.9 Å². The van der Waals surface area contributed by atoms with Crippen molar-refractivity contribution in [3.05, 3.63) is 131 Å². The van der Waals surface area contributed by atoms with Crippen molar-refractivity contribution in [2.24, 2.45) is 0 Å². The quantitative estimate of drug-likeness (QED) is 0.253. The summed E-state index contributed by atoms with van der Waals surface area (Å²) in [5.41, 5.74) is 5.19. The van der Waals surface area contributed by atoms with Gasteiger partial charge >= 0.3 is 6.03 Å². The molecule has 2 atom stereocenters. The van der Waals surface area contributed by atoms with Gasteiger partial charge in [-0.3, -0.25) is 14.5 Å². The number of urea groups is 1. The van der Waals surface area contributed by atoms with E-state index in [-0.39, 0.29) is 24.2 Å². The molecular formula is C34H27FN4O4. The van der Waals surface area contributed by atoms with Gasteiger partial charge in [0.1, 0.15) is 23.7 Å². The Bertz CT molecular complexity index is 1880. The number of rotatable bonds is 6. The number of anilines is 1. The zero-order valence-electron chi connectivity index (χ0n) is 23.2. The number of amides is 4. The first kappa shape index (κ1) is 26.5. The van der Waals surface area contributed by atoms with Crippen molar-refractivity contribution >= 4 is 34.4 Å². The second-order valence-electron chi connectivity index (χ2n) is 10.7. The Labute approximate surface area is 246 Å². The van der Waals surface area contributed by atoms with Crippen LogP contribution < -0.4 is 15.0 Å². The molecule has 2 aliphatic heterocycles. The minimum absolute atomic E-state index is 0.237. The summed E-state index contributed by atoms with van der Waals surface area (Å²) in [6.07, 6.45) is 0.380. The number of benzene rings is 4. The number of imide groups is 1. The first-order chi connectivity index (χ1) is 20.9. The van der Waals surface area contributed by atoms with Crippen LogP contribution in [-0.4, -0.2) is 40.9 Å². The highest BCUT2D eigenvalue weighted by atomic mass is 19.1. The van der Waals surface area contributed by atoms with E-state index in [1.54, 1.807) is 48.4 Å². The minimum Gasteiger partial charge on any atom is -0.497 e. The van der Waals surface area contributed by atoms with E-state index in [9.17, 15) is 18.8 Å². The molecule has 2 unspecified atom stereocenters. The molecule has 9 heteroatoms. The average Bonchev–Trinajstić information content (AvgIpc) is 3.53. The van der Waals surface area contributed by atoms with Crippen molar-refractivity contribution in [2.75, 3.05) is 12.0 Å². The maximum atomic E-state index is 14.1. The van der Waals surface area contributed by atoms with Crippen LogP contribution in [0.2, 0.25) is 0 Å². The molecular weight excluding hydrogens is 547 g/mol. The van der Waals surface area contributed by atoms with Crippen molar-refractivity contribution in [3.63, 3.8) is 0 Å². The number of aromatic amines is 1. The largest absolute Gasteiger partial charge is 0.497 e. The predicted octanol–water partition coefficient (Wildman–Crippen LogP) is 5.73. The summed E-state index contributed by atoms with van der Waals surface area (Å²) >= 11 is 0. The smallest absolute Gasteiger partial charge is 0.332 e. The molecule has 0 radical (unpaired) electrons. The van der Waals surface area contributed by atoms with Crippen LogP contribution in [-0.2, 0) is 17.8 Å². The van der Waals surface area contributed by atoms with Crippen LogP contribution in [0, 0.1) is 5.82 Å². The monoisotopic (exact) mass is 574 g/mol. The topological polar surface area (TPSA) is 94.7 Å². The molecule has 0 bridgehead atoms. The van der Waals surface area contributed by atoms with E-state index in [0.29, 0.717) is 23.4 Å². The third-order valence-electron chi connectivity index (χ3n) is 8.21. The van der Waals surface area contributed by atoms with Gasteiger partial charge in [-0.1, -0.05) is 42.5 Å². The summed E-state index contributed by atoms with van der Waals surface area (Å²) in [6, 6.07) is 26.1. The first-order valence-corrected chi connectivity index (χ1v) is 14.0. The molecule has 43 heavy (non-hydrogen) atoms. The van der Waals surface area contributed by atoms with E-state index in [4.69, 9.17) is 4.74 Å². The molecule has 214 valence electrons. The third kappa shape index (κ3) is 4.50. The molecule has 7 rings (SSSR count). The van der Waals surface area contributed by atoms with Crippen molar-refractivity contribution in [1.29, 1.82) is 0 Å². The average molecular weight is 575 g/mol. The third-order valence-corrected chi connectivity index (χ3v) is 8.21. The SMILES string of the molecule is COc1cccc(C2c3[nH]c4ccccc4c3CC3C(=O)N(c4ccc(C(=O)NCc5ccc(F)cc5)cc4)C(=O)N32)c1. The number of hydrogen-bond acceptors (Lipinski definition) is 4. The molecule has 2 N–H and O–H groups in total. The van der Waals surface area contributed by atoms with E-state index in [1.807, 2.05) is 48.5 Å². The fourth-order valence-electron chi connectivity index (χ4n) is 6.12. The van der Waals surface area contributed by atoms with Crippen LogP contribution in [0.3, 0.4) is 0 Å². The number of aromatic nitrogens is 1. The van der Waals surface area contributed by atoms with Gasteiger partial charge in [0.25, 0.3) is 11.8 Å². The van der Waals surface area contributed by atoms with Gasteiger partial charge in [0.05, 0.1) is 12.8 Å². The van der Waals surface area contributed by atoms with Crippen LogP contribution >= 0.6 is 0 Å². The number of H-pyrrole nitrogens is 1. The Hall–Kier alpha value is -5.44. The normalized spacial score (nSPS) is 17.6. The maximum Gasteiger partial charge on any atom is 0.332 e. The zero-order valence-corrected chi connectivity index (χ0v) is 23.2. The number of nitrogens with one attached hydrogen (secondary N) is 2. The van der Waals surface area contributed by atoms with Crippen molar-refractivity contribution in [1.82, 2.24) is 15.2 Å². The number of halogens is 1. The second kappa shape index (κ2) is 10.4. The van der Waals surface area contributed by atoms with Gasteiger partial charge in [0, 0.05) is 35.1 Å². The van der Waals surface area contributed by atoms with Gasteiger partial charge < -0.3 is 15.0 Å². The summed E-state index contributed by atoms with van der Waals surface area (Å²) in [6.45, 7) is 0.237. The molecule has 3 heterocycles. The summed E-state index contributed by atoms with van der Waals surface area (Å²) in [7, 11) is 1.59. The summed E-state index contributed by atoms with van der Waals surface area (Å²) in [5, 5.41) is 3.83. The number of carbonyl (C=O) groups is 3. The molecule has 0 spiro atoms. The van der Waals surface area contributed by atoms with Crippen molar-refractivity contribution in [2.45, 2.75) is 25.0 Å². The highest BCUT2D eigenvalue weighted by molar-refractivity contribution is 6.22. The van der Waals surface area contributed by atoms with Gasteiger partial charge in [-0.2, -0.15) is 0 Å². The molecule has 4 aromatic carbocycles. The van der Waals surface area contributed by atoms with Crippen molar-refractivity contribution < 1.29 is 23.5 Å². The number of methoxy groups -OCH3 is 1. The minimum atomic E-state index is -0.700. The number of para-hydroxylation sites is 1. The molecule has 1 saturated heterocycles. The lowest BCUT2D eigenvalue weighted by molar-refractivity contribution is -0.120. The van der Waals surface area contributed by atoms with Crippen LogP contribution in [0.25, 0.3) is 10.9 Å². The zero-order chi connectivity index (χ0) is 29.7.